The summed E-state index contributed by atoms with van der Waals surface area (Å²) in [5.74, 6) is 0.847. The van der Waals surface area contributed by atoms with Crippen LogP contribution in [0.25, 0.3) is 0 Å². The Labute approximate surface area is 128 Å². The highest BCUT2D eigenvalue weighted by Crippen LogP contribution is 2.27. The maximum absolute atomic E-state index is 6.34. The van der Waals surface area contributed by atoms with Crippen LogP contribution in [-0.4, -0.2) is 38.7 Å². The number of hydrogen-bond acceptors (Lipinski definition) is 3. The van der Waals surface area contributed by atoms with E-state index in [4.69, 9.17) is 16.3 Å². The topological polar surface area (TPSA) is 24.5 Å². The van der Waals surface area contributed by atoms with E-state index < -0.39 is 0 Å². The zero-order chi connectivity index (χ0) is 15.0. The molecular formula is C16H27ClN2O. The van der Waals surface area contributed by atoms with E-state index in [1.807, 2.05) is 12.1 Å². The molecule has 0 aliphatic heterocycles. The molecule has 1 unspecified atom stereocenters. The lowest BCUT2D eigenvalue weighted by atomic mass is 10.1. The van der Waals surface area contributed by atoms with Gasteiger partial charge in [0.15, 0.2) is 0 Å². The Bertz CT molecular complexity index is 396. The summed E-state index contributed by atoms with van der Waals surface area (Å²) in [6, 6.07) is 6.24. The summed E-state index contributed by atoms with van der Waals surface area (Å²) in [6.45, 7) is 7.04. The minimum Gasteiger partial charge on any atom is -0.493 e. The fraction of sp³-hybridized carbons (Fsp3) is 0.625. The van der Waals surface area contributed by atoms with Gasteiger partial charge in [-0.15, -0.1) is 0 Å². The van der Waals surface area contributed by atoms with Gasteiger partial charge in [0.05, 0.1) is 6.61 Å². The van der Waals surface area contributed by atoms with E-state index in [2.05, 4.69) is 44.2 Å². The van der Waals surface area contributed by atoms with Crippen molar-refractivity contribution in [1.29, 1.82) is 0 Å². The molecule has 0 saturated carbocycles. The van der Waals surface area contributed by atoms with E-state index >= 15 is 0 Å². The van der Waals surface area contributed by atoms with Gasteiger partial charge in [-0.2, -0.15) is 0 Å². The molecule has 0 amide bonds. The van der Waals surface area contributed by atoms with Crippen LogP contribution in [0.5, 0.6) is 5.75 Å². The highest BCUT2D eigenvalue weighted by Gasteiger charge is 2.09. The van der Waals surface area contributed by atoms with Crippen LogP contribution in [0.2, 0.25) is 5.02 Å². The third kappa shape index (κ3) is 6.12. The second-order valence-electron chi connectivity index (χ2n) is 5.36. The van der Waals surface area contributed by atoms with Gasteiger partial charge in [-0.1, -0.05) is 24.6 Å². The average Bonchev–Trinajstić information content (AvgIpc) is 2.41. The number of nitrogens with one attached hydrogen (secondary N) is 1. The fourth-order valence-electron chi connectivity index (χ4n) is 1.99. The van der Waals surface area contributed by atoms with Crippen molar-refractivity contribution in [3.63, 3.8) is 0 Å². The van der Waals surface area contributed by atoms with Crippen LogP contribution >= 0.6 is 11.6 Å². The molecule has 0 aliphatic rings. The molecule has 0 bridgehead atoms. The first-order valence-corrected chi connectivity index (χ1v) is 7.72. The van der Waals surface area contributed by atoms with Crippen molar-refractivity contribution in [2.45, 2.75) is 32.7 Å². The molecule has 1 aromatic carbocycles. The van der Waals surface area contributed by atoms with E-state index in [0.29, 0.717) is 0 Å². The molecule has 1 N–H and O–H groups in total. The van der Waals surface area contributed by atoms with Gasteiger partial charge < -0.3 is 15.0 Å². The number of halogens is 1. The maximum Gasteiger partial charge on any atom is 0.120 e. The van der Waals surface area contributed by atoms with Crippen molar-refractivity contribution in [3.8, 4) is 5.75 Å². The molecule has 3 nitrogen and oxygen atoms in total. The summed E-state index contributed by atoms with van der Waals surface area (Å²) in [6.07, 6.45) is 2.13. The molecule has 1 atom stereocenters. The van der Waals surface area contributed by atoms with Crippen LogP contribution < -0.4 is 10.1 Å². The van der Waals surface area contributed by atoms with Crippen LogP contribution in [0.15, 0.2) is 18.2 Å². The third-order valence-electron chi connectivity index (χ3n) is 3.16. The molecule has 1 aromatic rings. The molecule has 1 rings (SSSR count). The van der Waals surface area contributed by atoms with Crippen LogP contribution in [0.1, 0.15) is 38.3 Å². The minimum atomic E-state index is 0.269. The lowest BCUT2D eigenvalue weighted by Crippen LogP contribution is -2.19. The Morgan fingerprint density at radius 1 is 1.35 bits per heavy atom. The monoisotopic (exact) mass is 298 g/mol. The number of ether oxygens (including phenoxy) is 1. The van der Waals surface area contributed by atoms with Crippen LogP contribution in [0.4, 0.5) is 0 Å². The van der Waals surface area contributed by atoms with Gasteiger partial charge >= 0.3 is 0 Å². The van der Waals surface area contributed by atoms with Crippen molar-refractivity contribution >= 4 is 11.6 Å². The van der Waals surface area contributed by atoms with E-state index in [1.54, 1.807) is 0 Å². The molecule has 114 valence electrons. The van der Waals surface area contributed by atoms with Gasteiger partial charge in [-0.3, -0.25) is 0 Å². The number of hydrogen-bond donors (Lipinski definition) is 1. The Morgan fingerprint density at radius 2 is 2.10 bits per heavy atom. The first-order chi connectivity index (χ1) is 9.54. The Kier molecular flexibility index (Phi) is 7.97. The van der Waals surface area contributed by atoms with Gasteiger partial charge in [0.1, 0.15) is 5.75 Å². The predicted octanol–water partition coefficient (Wildman–Crippen LogP) is 3.73. The number of rotatable bonds is 9. The summed E-state index contributed by atoms with van der Waals surface area (Å²) in [4.78, 5) is 2.15. The molecule has 0 aromatic heterocycles. The minimum absolute atomic E-state index is 0.269. The summed E-state index contributed by atoms with van der Waals surface area (Å²) in [7, 11) is 4.13. The predicted molar refractivity (Wildman–Crippen MR) is 86.8 cm³/mol. The molecule has 0 heterocycles. The van der Waals surface area contributed by atoms with Crippen molar-refractivity contribution in [2.24, 2.45) is 0 Å². The molecule has 0 radical (unpaired) electrons. The third-order valence-corrected chi connectivity index (χ3v) is 3.48. The molecular weight excluding hydrogens is 272 g/mol. The molecule has 4 heteroatoms. The highest BCUT2D eigenvalue weighted by molar-refractivity contribution is 6.31. The maximum atomic E-state index is 6.34. The zero-order valence-corrected chi connectivity index (χ0v) is 13.8. The van der Waals surface area contributed by atoms with Gasteiger partial charge in [-0.05, 0) is 58.1 Å². The van der Waals surface area contributed by atoms with Crippen molar-refractivity contribution in [1.82, 2.24) is 10.2 Å². The number of nitrogens with zero attached hydrogens (tertiary/aromatic N) is 1. The smallest absolute Gasteiger partial charge is 0.120 e. The largest absolute Gasteiger partial charge is 0.493 e. The van der Waals surface area contributed by atoms with E-state index in [1.165, 1.54) is 0 Å². The van der Waals surface area contributed by atoms with E-state index in [-0.39, 0.29) is 6.04 Å². The van der Waals surface area contributed by atoms with Crippen molar-refractivity contribution < 1.29 is 4.74 Å². The summed E-state index contributed by atoms with van der Waals surface area (Å²) in [5.41, 5.74) is 1.13. The van der Waals surface area contributed by atoms with Gasteiger partial charge in [0, 0.05) is 17.6 Å². The first-order valence-electron chi connectivity index (χ1n) is 7.35. The molecule has 20 heavy (non-hydrogen) atoms. The van der Waals surface area contributed by atoms with Crippen LogP contribution in [-0.2, 0) is 0 Å². The zero-order valence-electron chi connectivity index (χ0n) is 13.1. The lowest BCUT2D eigenvalue weighted by Gasteiger charge is -2.16. The van der Waals surface area contributed by atoms with E-state index in [0.717, 1.165) is 48.9 Å². The molecule has 0 saturated heterocycles. The number of benzene rings is 1. The summed E-state index contributed by atoms with van der Waals surface area (Å²) >= 11 is 6.34. The SMILES string of the molecule is CCCNC(C)c1ccc(OCCCN(C)C)cc1Cl. The molecule has 0 fully saturated rings. The van der Waals surface area contributed by atoms with Crippen molar-refractivity contribution in [2.75, 3.05) is 33.8 Å². The highest BCUT2D eigenvalue weighted by atomic mass is 35.5. The van der Waals surface area contributed by atoms with Crippen LogP contribution in [0, 0.1) is 0 Å². The quantitative estimate of drug-likeness (QED) is 0.703. The van der Waals surface area contributed by atoms with Gasteiger partial charge in [-0.25, -0.2) is 0 Å². The Balaban J connectivity index is 2.50. The van der Waals surface area contributed by atoms with Crippen molar-refractivity contribution in [3.05, 3.63) is 28.8 Å². The fourth-order valence-corrected chi connectivity index (χ4v) is 2.32. The Hall–Kier alpha value is -0.770. The normalized spacial score (nSPS) is 12.7. The summed E-state index contributed by atoms with van der Waals surface area (Å²) in [5, 5.41) is 4.21. The molecule has 0 aliphatic carbocycles. The standard InChI is InChI=1S/C16H27ClN2O/c1-5-9-18-13(2)15-8-7-14(12-16(15)17)20-11-6-10-19(3)4/h7-8,12-13,18H,5-6,9-11H2,1-4H3. The average molecular weight is 299 g/mol. The lowest BCUT2D eigenvalue weighted by molar-refractivity contribution is 0.281. The second kappa shape index (κ2) is 9.22. The second-order valence-corrected chi connectivity index (χ2v) is 5.77. The summed E-state index contributed by atoms with van der Waals surface area (Å²) < 4.78 is 5.72. The van der Waals surface area contributed by atoms with Gasteiger partial charge in [0.2, 0.25) is 0 Å². The Morgan fingerprint density at radius 3 is 2.70 bits per heavy atom. The van der Waals surface area contributed by atoms with Gasteiger partial charge in [0.25, 0.3) is 0 Å². The van der Waals surface area contributed by atoms with Crippen LogP contribution in [0.3, 0.4) is 0 Å². The first kappa shape index (κ1) is 17.3. The molecule has 0 spiro atoms. The van der Waals surface area contributed by atoms with E-state index in [9.17, 15) is 0 Å².